The molecule has 1 fully saturated rings. The quantitative estimate of drug-likeness (QED) is 0.508. The number of rotatable bonds is 7. The van der Waals surface area contributed by atoms with Gasteiger partial charge in [0.1, 0.15) is 29.0 Å². The predicted octanol–water partition coefficient (Wildman–Crippen LogP) is 4.52. The van der Waals surface area contributed by atoms with E-state index in [1.165, 1.54) is 12.1 Å². The van der Waals surface area contributed by atoms with Crippen molar-refractivity contribution in [3.8, 4) is 0 Å². The number of benzene rings is 1. The summed E-state index contributed by atoms with van der Waals surface area (Å²) < 4.78 is 26.9. The minimum Gasteiger partial charge on any atom is -0.370 e. The highest BCUT2D eigenvalue weighted by Crippen LogP contribution is 2.33. The molecular formula is C26H33FN4O3. The van der Waals surface area contributed by atoms with E-state index in [2.05, 4.69) is 17.0 Å². The minimum atomic E-state index is -0.297. The zero-order chi connectivity index (χ0) is 23.7. The Morgan fingerprint density at radius 1 is 1.21 bits per heavy atom. The van der Waals surface area contributed by atoms with Gasteiger partial charge in [0.15, 0.2) is 0 Å². The fraction of sp³-hybridized carbons (Fsp3) is 0.577. The molecule has 0 saturated carbocycles. The number of hydrogen-bond donors (Lipinski definition) is 0. The predicted molar refractivity (Wildman–Crippen MR) is 128 cm³/mol. The topological polar surface area (TPSA) is 73.4 Å². The van der Waals surface area contributed by atoms with Crippen LogP contribution < -0.4 is 5.56 Å². The number of fused-ring (bicyclic) bond motifs is 2. The standard InChI is InChI=1S/C26H33FN4O3/c1-3-15-33-23-5-4-11-31-25(23)28-17(2)20(26(31)32)10-14-30-12-8-18(9-13-30)24-21-7-6-19(27)16-22(21)29-34-24/h6-7,16,18,23H,3-5,8-15H2,1-2H3. The highest BCUT2D eigenvalue weighted by Gasteiger charge is 2.28. The van der Waals surface area contributed by atoms with Crippen LogP contribution in [0.4, 0.5) is 4.39 Å². The van der Waals surface area contributed by atoms with Crippen LogP contribution in [0.1, 0.15) is 73.9 Å². The molecule has 1 atom stereocenters. The number of piperidine rings is 1. The first-order valence-corrected chi connectivity index (χ1v) is 12.5. The molecule has 1 unspecified atom stereocenters. The molecule has 1 aromatic carbocycles. The molecule has 0 bridgehead atoms. The van der Waals surface area contributed by atoms with Crippen LogP contribution in [0.25, 0.3) is 10.9 Å². The van der Waals surface area contributed by atoms with Crippen LogP contribution in [0.3, 0.4) is 0 Å². The van der Waals surface area contributed by atoms with Crippen molar-refractivity contribution in [3.05, 3.63) is 57.2 Å². The maximum atomic E-state index is 13.5. The summed E-state index contributed by atoms with van der Waals surface area (Å²) >= 11 is 0. The molecule has 0 spiro atoms. The van der Waals surface area contributed by atoms with Crippen LogP contribution in [0.15, 0.2) is 27.5 Å². The second-order valence-corrected chi connectivity index (χ2v) is 9.57. The lowest BCUT2D eigenvalue weighted by Gasteiger charge is -2.31. The van der Waals surface area contributed by atoms with Crippen molar-refractivity contribution in [2.45, 2.75) is 70.9 Å². The van der Waals surface area contributed by atoms with E-state index in [1.807, 2.05) is 11.5 Å². The van der Waals surface area contributed by atoms with Gasteiger partial charge in [0.05, 0.1) is 0 Å². The minimum absolute atomic E-state index is 0.0724. The van der Waals surface area contributed by atoms with E-state index in [0.717, 1.165) is 86.5 Å². The number of halogens is 1. The van der Waals surface area contributed by atoms with Crippen LogP contribution in [0.2, 0.25) is 0 Å². The van der Waals surface area contributed by atoms with Crippen LogP contribution in [0, 0.1) is 12.7 Å². The molecule has 7 nitrogen and oxygen atoms in total. The number of likely N-dealkylation sites (tertiary alicyclic amines) is 1. The van der Waals surface area contributed by atoms with Gasteiger partial charge < -0.3 is 14.2 Å². The SMILES string of the molecule is CCCOC1CCCn2c1nc(C)c(CCN1CCC(c3onc4cc(F)ccc34)CC1)c2=O. The summed E-state index contributed by atoms with van der Waals surface area (Å²) in [7, 11) is 0. The molecule has 2 aliphatic rings. The summed E-state index contributed by atoms with van der Waals surface area (Å²) in [5.74, 6) is 1.65. The number of hydrogen-bond acceptors (Lipinski definition) is 6. The van der Waals surface area contributed by atoms with E-state index in [-0.39, 0.29) is 23.4 Å². The van der Waals surface area contributed by atoms with Crippen LogP contribution in [-0.2, 0) is 17.7 Å². The summed E-state index contributed by atoms with van der Waals surface area (Å²) in [5, 5.41) is 4.95. The lowest BCUT2D eigenvalue weighted by Crippen LogP contribution is -2.38. The van der Waals surface area contributed by atoms with Crippen LogP contribution in [0.5, 0.6) is 0 Å². The average Bonchev–Trinajstić information content (AvgIpc) is 3.26. The summed E-state index contributed by atoms with van der Waals surface area (Å²) in [5.41, 5.74) is 2.34. The first-order valence-electron chi connectivity index (χ1n) is 12.5. The highest BCUT2D eigenvalue weighted by atomic mass is 19.1. The zero-order valence-corrected chi connectivity index (χ0v) is 20.1. The molecule has 8 heteroatoms. The van der Waals surface area contributed by atoms with Gasteiger partial charge in [-0.2, -0.15) is 0 Å². The van der Waals surface area contributed by atoms with Crippen molar-refractivity contribution in [1.82, 2.24) is 19.6 Å². The van der Waals surface area contributed by atoms with Crippen LogP contribution in [-0.4, -0.2) is 45.8 Å². The summed E-state index contributed by atoms with van der Waals surface area (Å²) in [6.07, 6.45) is 5.37. The molecule has 3 aromatic rings. The first-order chi connectivity index (χ1) is 16.5. The monoisotopic (exact) mass is 468 g/mol. The Balaban J connectivity index is 1.23. The Labute approximate surface area is 198 Å². The van der Waals surface area contributed by atoms with Gasteiger partial charge in [0.2, 0.25) is 0 Å². The maximum absolute atomic E-state index is 13.5. The molecule has 5 rings (SSSR count). The first kappa shape index (κ1) is 23.2. The van der Waals surface area contributed by atoms with Crippen molar-refractivity contribution in [3.63, 3.8) is 0 Å². The van der Waals surface area contributed by atoms with Crippen molar-refractivity contribution in [2.24, 2.45) is 0 Å². The van der Waals surface area contributed by atoms with E-state index in [0.29, 0.717) is 18.5 Å². The summed E-state index contributed by atoms with van der Waals surface area (Å²) in [6.45, 7) is 8.16. The van der Waals surface area contributed by atoms with Gasteiger partial charge in [-0.3, -0.25) is 9.36 Å². The van der Waals surface area contributed by atoms with E-state index in [1.54, 1.807) is 6.07 Å². The van der Waals surface area contributed by atoms with E-state index < -0.39 is 0 Å². The number of nitrogens with zero attached hydrogens (tertiary/aromatic N) is 4. The van der Waals surface area contributed by atoms with E-state index in [4.69, 9.17) is 14.2 Å². The lowest BCUT2D eigenvalue weighted by atomic mass is 9.92. The van der Waals surface area contributed by atoms with Crippen molar-refractivity contribution in [2.75, 3.05) is 26.2 Å². The Morgan fingerprint density at radius 3 is 2.82 bits per heavy atom. The zero-order valence-electron chi connectivity index (χ0n) is 20.1. The van der Waals surface area contributed by atoms with Gasteiger partial charge in [-0.15, -0.1) is 0 Å². The van der Waals surface area contributed by atoms with Gasteiger partial charge in [0.25, 0.3) is 5.56 Å². The summed E-state index contributed by atoms with van der Waals surface area (Å²) in [6, 6.07) is 4.65. The number of aryl methyl sites for hydroxylation is 1. The van der Waals surface area contributed by atoms with Gasteiger partial charge in [0, 0.05) is 48.3 Å². The van der Waals surface area contributed by atoms with E-state index >= 15 is 0 Å². The Kier molecular flexibility index (Phi) is 6.79. The second-order valence-electron chi connectivity index (χ2n) is 9.57. The Hall–Kier alpha value is -2.58. The van der Waals surface area contributed by atoms with Gasteiger partial charge in [-0.1, -0.05) is 12.1 Å². The number of aromatic nitrogens is 3. The largest absolute Gasteiger partial charge is 0.370 e. The van der Waals surface area contributed by atoms with E-state index in [9.17, 15) is 9.18 Å². The Bertz CT molecular complexity index is 1210. The molecule has 0 N–H and O–H groups in total. The molecule has 2 aliphatic heterocycles. The van der Waals surface area contributed by atoms with Crippen molar-refractivity contribution < 1.29 is 13.7 Å². The smallest absolute Gasteiger partial charge is 0.257 e. The second kappa shape index (κ2) is 9.96. The average molecular weight is 469 g/mol. The van der Waals surface area contributed by atoms with Gasteiger partial charge in [-0.05, 0) is 70.7 Å². The van der Waals surface area contributed by atoms with Gasteiger partial charge >= 0.3 is 0 Å². The summed E-state index contributed by atoms with van der Waals surface area (Å²) in [4.78, 5) is 20.5. The third-order valence-corrected chi connectivity index (χ3v) is 7.26. The number of ether oxygens (including phenoxy) is 1. The van der Waals surface area contributed by atoms with Crippen molar-refractivity contribution >= 4 is 10.9 Å². The molecule has 4 heterocycles. The molecule has 2 aromatic heterocycles. The van der Waals surface area contributed by atoms with Gasteiger partial charge in [-0.25, -0.2) is 9.37 Å². The fourth-order valence-corrected chi connectivity index (χ4v) is 5.37. The third kappa shape index (κ3) is 4.53. The maximum Gasteiger partial charge on any atom is 0.257 e. The van der Waals surface area contributed by atoms with Crippen LogP contribution >= 0.6 is 0 Å². The van der Waals surface area contributed by atoms with Crippen molar-refractivity contribution in [1.29, 1.82) is 0 Å². The third-order valence-electron chi connectivity index (χ3n) is 7.26. The molecule has 0 aliphatic carbocycles. The molecular weight excluding hydrogens is 435 g/mol. The molecule has 0 amide bonds. The molecule has 1 saturated heterocycles. The normalized spacial score (nSPS) is 19.6. The molecule has 182 valence electrons. The highest BCUT2D eigenvalue weighted by molar-refractivity contribution is 5.80. The fourth-order valence-electron chi connectivity index (χ4n) is 5.37. The Morgan fingerprint density at radius 2 is 2.03 bits per heavy atom. The lowest BCUT2D eigenvalue weighted by molar-refractivity contribution is 0.0265. The molecule has 0 radical (unpaired) electrons. The molecule has 34 heavy (non-hydrogen) atoms.